The van der Waals surface area contributed by atoms with Crippen LogP contribution in [0.25, 0.3) is 0 Å². The predicted octanol–water partition coefficient (Wildman–Crippen LogP) is 0.803. The van der Waals surface area contributed by atoms with Crippen molar-refractivity contribution < 1.29 is 9.90 Å². The quantitative estimate of drug-likeness (QED) is 0.687. The van der Waals surface area contributed by atoms with Crippen LogP contribution < -0.4 is 5.43 Å². The summed E-state index contributed by atoms with van der Waals surface area (Å²) in [4.78, 5) is 23.8. The molecule has 5 heteroatoms. The van der Waals surface area contributed by atoms with Crippen molar-refractivity contribution in [3.05, 3.63) is 33.7 Å². The molecule has 0 saturated carbocycles. The summed E-state index contributed by atoms with van der Waals surface area (Å²) in [6.45, 7) is 1.69. The molecule has 0 aliphatic carbocycles. The number of aryl methyl sites for hydroxylation is 1. The molecule has 0 unspecified atom stereocenters. The Balaban J connectivity index is 0.00000121. The summed E-state index contributed by atoms with van der Waals surface area (Å²) in [5.74, 6) is -1.20. The fraction of sp³-hybridized carbons (Fsp3) is 0.143. The van der Waals surface area contributed by atoms with E-state index in [2.05, 4.69) is 4.98 Å². The fourth-order valence-corrected chi connectivity index (χ4v) is 0.740. The minimum absolute atomic E-state index is 0. The molecular formula is C7H8ClNO3. The lowest BCUT2D eigenvalue weighted by Crippen LogP contribution is -2.14. The number of carbonyl (C=O) groups is 1. The van der Waals surface area contributed by atoms with Crippen molar-refractivity contribution in [2.24, 2.45) is 0 Å². The summed E-state index contributed by atoms with van der Waals surface area (Å²) in [6.07, 6.45) is 1.19. The highest BCUT2D eigenvalue weighted by atomic mass is 35.5. The smallest absolute Gasteiger partial charge is 0.341 e. The molecule has 0 atom stereocenters. The number of aromatic amines is 1. The van der Waals surface area contributed by atoms with Crippen LogP contribution in [0.3, 0.4) is 0 Å². The Morgan fingerprint density at radius 1 is 1.58 bits per heavy atom. The van der Waals surface area contributed by atoms with Crippen LogP contribution in [0.4, 0.5) is 0 Å². The Kier molecular flexibility index (Phi) is 3.50. The van der Waals surface area contributed by atoms with E-state index in [1.807, 2.05) is 0 Å². The highest BCUT2D eigenvalue weighted by molar-refractivity contribution is 5.86. The Morgan fingerprint density at radius 2 is 2.17 bits per heavy atom. The van der Waals surface area contributed by atoms with Gasteiger partial charge in [0.25, 0.3) is 0 Å². The maximum absolute atomic E-state index is 10.9. The van der Waals surface area contributed by atoms with E-state index in [1.165, 1.54) is 12.3 Å². The molecule has 0 aromatic carbocycles. The lowest BCUT2D eigenvalue weighted by Gasteiger charge is -1.93. The van der Waals surface area contributed by atoms with Crippen LogP contribution in [0.15, 0.2) is 17.1 Å². The molecule has 1 rings (SSSR count). The number of carboxylic acid groups (broad SMARTS) is 1. The number of rotatable bonds is 1. The van der Waals surface area contributed by atoms with Crippen molar-refractivity contribution in [2.75, 3.05) is 0 Å². The molecule has 0 aliphatic rings. The van der Waals surface area contributed by atoms with Gasteiger partial charge in [0, 0.05) is 18.0 Å². The zero-order chi connectivity index (χ0) is 8.43. The Bertz CT molecular complexity index is 345. The zero-order valence-electron chi connectivity index (χ0n) is 6.33. The Hall–Kier alpha value is -1.29. The summed E-state index contributed by atoms with van der Waals surface area (Å²) in [7, 11) is 0. The van der Waals surface area contributed by atoms with Crippen LogP contribution in [0.5, 0.6) is 0 Å². The number of pyridine rings is 1. The van der Waals surface area contributed by atoms with Crippen LogP contribution in [0.1, 0.15) is 16.1 Å². The number of nitrogens with one attached hydrogen (secondary N) is 1. The van der Waals surface area contributed by atoms with E-state index in [1.54, 1.807) is 6.92 Å². The average molecular weight is 190 g/mol. The van der Waals surface area contributed by atoms with E-state index in [0.29, 0.717) is 5.69 Å². The van der Waals surface area contributed by atoms with Gasteiger partial charge in [0.1, 0.15) is 5.56 Å². The number of aromatic carboxylic acids is 1. The minimum Gasteiger partial charge on any atom is -0.477 e. The maximum atomic E-state index is 10.9. The van der Waals surface area contributed by atoms with Gasteiger partial charge in [-0.2, -0.15) is 0 Å². The first-order chi connectivity index (χ1) is 5.11. The molecule has 0 amide bonds. The van der Waals surface area contributed by atoms with Gasteiger partial charge in [0.2, 0.25) is 0 Å². The average Bonchev–Trinajstić information content (AvgIpc) is 1.85. The normalized spacial score (nSPS) is 8.75. The number of carboxylic acids is 1. The van der Waals surface area contributed by atoms with Crippen LogP contribution in [0.2, 0.25) is 0 Å². The van der Waals surface area contributed by atoms with E-state index in [9.17, 15) is 9.59 Å². The Labute approximate surface area is 74.7 Å². The van der Waals surface area contributed by atoms with Gasteiger partial charge in [-0.1, -0.05) is 0 Å². The number of hydrogen-bond acceptors (Lipinski definition) is 2. The molecule has 1 aromatic heterocycles. The van der Waals surface area contributed by atoms with Crippen molar-refractivity contribution >= 4 is 18.4 Å². The summed E-state index contributed by atoms with van der Waals surface area (Å²) >= 11 is 0. The predicted molar refractivity (Wildman–Crippen MR) is 46.0 cm³/mol. The fourth-order valence-electron chi connectivity index (χ4n) is 0.740. The van der Waals surface area contributed by atoms with Gasteiger partial charge in [-0.3, -0.25) is 4.79 Å². The Morgan fingerprint density at radius 3 is 2.58 bits per heavy atom. The third-order valence-electron chi connectivity index (χ3n) is 1.29. The van der Waals surface area contributed by atoms with E-state index < -0.39 is 11.4 Å². The van der Waals surface area contributed by atoms with Crippen molar-refractivity contribution in [1.29, 1.82) is 0 Å². The molecular weight excluding hydrogens is 182 g/mol. The molecule has 4 nitrogen and oxygen atoms in total. The second-order valence-electron chi connectivity index (χ2n) is 2.20. The van der Waals surface area contributed by atoms with Crippen LogP contribution in [-0.4, -0.2) is 16.1 Å². The monoisotopic (exact) mass is 189 g/mol. The highest BCUT2D eigenvalue weighted by Crippen LogP contribution is 1.90. The number of hydrogen-bond donors (Lipinski definition) is 2. The number of aromatic nitrogens is 1. The van der Waals surface area contributed by atoms with Gasteiger partial charge in [-0.25, -0.2) is 4.79 Å². The molecule has 66 valence electrons. The van der Waals surface area contributed by atoms with Gasteiger partial charge >= 0.3 is 5.97 Å². The first-order valence-corrected chi connectivity index (χ1v) is 3.04. The van der Waals surface area contributed by atoms with Crippen molar-refractivity contribution in [3.8, 4) is 0 Å². The lowest BCUT2D eigenvalue weighted by molar-refractivity contribution is 0.0695. The standard InChI is InChI=1S/C7H7NO3.ClH/c1-4-2-6(9)5(3-8-4)7(10)11;/h2-3H,1H3,(H,8,9)(H,10,11);1H. The van der Waals surface area contributed by atoms with E-state index in [-0.39, 0.29) is 18.0 Å². The molecule has 12 heavy (non-hydrogen) atoms. The molecule has 1 aromatic rings. The number of H-pyrrole nitrogens is 1. The van der Waals surface area contributed by atoms with Gasteiger partial charge in [-0.05, 0) is 6.92 Å². The molecule has 0 saturated heterocycles. The van der Waals surface area contributed by atoms with E-state index in [0.717, 1.165) is 0 Å². The third-order valence-corrected chi connectivity index (χ3v) is 1.29. The lowest BCUT2D eigenvalue weighted by atomic mass is 10.2. The molecule has 0 aliphatic heterocycles. The SMILES string of the molecule is Cc1cc(=O)c(C(=O)O)c[nH]1.Cl. The molecule has 0 spiro atoms. The van der Waals surface area contributed by atoms with E-state index in [4.69, 9.17) is 5.11 Å². The first-order valence-electron chi connectivity index (χ1n) is 3.04. The van der Waals surface area contributed by atoms with Crippen molar-refractivity contribution in [3.63, 3.8) is 0 Å². The molecule has 0 radical (unpaired) electrons. The number of halogens is 1. The zero-order valence-corrected chi connectivity index (χ0v) is 7.14. The summed E-state index contributed by atoms with van der Waals surface area (Å²) in [5, 5.41) is 8.44. The van der Waals surface area contributed by atoms with Crippen molar-refractivity contribution in [2.45, 2.75) is 6.92 Å². The molecule has 1 heterocycles. The topological polar surface area (TPSA) is 70.2 Å². The second kappa shape index (κ2) is 3.92. The molecule has 0 fully saturated rings. The van der Waals surface area contributed by atoms with Crippen LogP contribution >= 0.6 is 12.4 Å². The van der Waals surface area contributed by atoms with Gasteiger partial charge in [0.15, 0.2) is 5.43 Å². The van der Waals surface area contributed by atoms with Crippen LogP contribution in [-0.2, 0) is 0 Å². The van der Waals surface area contributed by atoms with Gasteiger partial charge in [-0.15, -0.1) is 12.4 Å². The summed E-state index contributed by atoms with van der Waals surface area (Å²) < 4.78 is 0. The third kappa shape index (κ3) is 2.10. The van der Waals surface area contributed by atoms with Gasteiger partial charge in [0.05, 0.1) is 0 Å². The van der Waals surface area contributed by atoms with Crippen LogP contribution in [0, 0.1) is 6.92 Å². The first kappa shape index (κ1) is 10.7. The van der Waals surface area contributed by atoms with Gasteiger partial charge < -0.3 is 10.1 Å². The molecule has 0 bridgehead atoms. The molecule has 2 N–H and O–H groups in total. The van der Waals surface area contributed by atoms with E-state index >= 15 is 0 Å². The maximum Gasteiger partial charge on any atom is 0.341 e. The highest BCUT2D eigenvalue weighted by Gasteiger charge is 2.06. The summed E-state index contributed by atoms with van der Waals surface area (Å²) in [5.41, 5.74) is -0.0376. The second-order valence-corrected chi connectivity index (χ2v) is 2.20. The minimum atomic E-state index is -1.20. The summed E-state index contributed by atoms with van der Waals surface area (Å²) in [6, 6.07) is 1.25. The van der Waals surface area contributed by atoms with Crippen molar-refractivity contribution in [1.82, 2.24) is 4.98 Å². The largest absolute Gasteiger partial charge is 0.477 e.